The lowest BCUT2D eigenvalue weighted by molar-refractivity contribution is 0.141. The molecule has 0 spiro atoms. The maximum Gasteiger partial charge on any atom is 0.0466 e. The zero-order valence-electron chi connectivity index (χ0n) is 9.54. The molecule has 1 rings (SSSR count). The summed E-state index contributed by atoms with van der Waals surface area (Å²) < 4.78 is 6.50. The Morgan fingerprint density at radius 2 is 2.44 bits per heavy atom. The predicted molar refractivity (Wildman–Crippen MR) is 72.6 cm³/mol. The molecule has 92 valence electrons. The van der Waals surface area contributed by atoms with Gasteiger partial charge < -0.3 is 4.74 Å². The minimum Gasteiger partial charge on any atom is -0.382 e. The summed E-state index contributed by atoms with van der Waals surface area (Å²) in [4.78, 5) is 1.35. The molecule has 5 heteroatoms. The summed E-state index contributed by atoms with van der Waals surface area (Å²) >= 11 is 5.30. The van der Waals surface area contributed by atoms with Crippen molar-refractivity contribution in [1.82, 2.24) is 5.43 Å². The fourth-order valence-corrected chi connectivity index (χ4v) is 3.11. The van der Waals surface area contributed by atoms with E-state index in [0.29, 0.717) is 6.04 Å². The summed E-state index contributed by atoms with van der Waals surface area (Å²) in [6, 6.07) is 2.41. The van der Waals surface area contributed by atoms with E-state index in [1.165, 1.54) is 9.35 Å². The number of hydrogen-bond acceptors (Lipinski definition) is 4. The van der Waals surface area contributed by atoms with Gasteiger partial charge in [0.15, 0.2) is 0 Å². The molecule has 1 aromatic heterocycles. The third kappa shape index (κ3) is 4.93. The summed E-state index contributed by atoms with van der Waals surface area (Å²) in [5.74, 6) is 5.55. The summed E-state index contributed by atoms with van der Waals surface area (Å²) in [6.45, 7) is 3.62. The fraction of sp³-hybridized carbons (Fsp3) is 0.636. The van der Waals surface area contributed by atoms with E-state index in [1.54, 1.807) is 11.3 Å². The second-order valence-corrected chi connectivity index (χ2v) is 5.45. The van der Waals surface area contributed by atoms with Crippen LogP contribution >= 0.6 is 27.3 Å². The van der Waals surface area contributed by atoms with Crippen LogP contribution in [0.4, 0.5) is 0 Å². The summed E-state index contributed by atoms with van der Waals surface area (Å²) in [7, 11) is 0. The Balaban J connectivity index is 2.29. The average molecular weight is 307 g/mol. The topological polar surface area (TPSA) is 47.3 Å². The number of hydrogen-bond donors (Lipinski definition) is 2. The van der Waals surface area contributed by atoms with Crippen LogP contribution in [-0.4, -0.2) is 19.3 Å². The normalized spacial score (nSPS) is 12.9. The van der Waals surface area contributed by atoms with Crippen molar-refractivity contribution in [3.63, 3.8) is 0 Å². The maximum absolute atomic E-state index is 5.55. The van der Waals surface area contributed by atoms with Gasteiger partial charge in [0.05, 0.1) is 0 Å². The van der Waals surface area contributed by atoms with E-state index < -0.39 is 0 Å². The Labute approximate surface area is 109 Å². The first-order valence-corrected chi connectivity index (χ1v) is 7.21. The van der Waals surface area contributed by atoms with Crippen molar-refractivity contribution in [1.29, 1.82) is 0 Å². The van der Waals surface area contributed by atoms with Crippen LogP contribution in [-0.2, 0) is 11.2 Å². The van der Waals surface area contributed by atoms with Gasteiger partial charge in [0.1, 0.15) is 0 Å². The molecule has 3 N–H and O–H groups in total. The molecule has 0 saturated heterocycles. The minimum absolute atomic E-state index is 0.329. The van der Waals surface area contributed by atoms with Gasteiger partial charge in [0.25, 0.3) is 0 Å². The Morgan fingerprint density at radius 3 is 3.00 bits per heavy atom. The van der Waals surface area contributed by atoms with Crippen molar-refractivity contribution in [2.45, 2.75) is 32.2 Å². The Kier molecular flexibility index (Phi) is 7.23. The number of ether oxygens (including phenoxy) is 1. The van der Waals surface area contributed by atoms with E-state index in [4.69, 9.17) is 10.6 Å². The van der Waals surface area contributed by atoms with E-state index >= 15 is 0 Å². The third-order valence-corrected chi connectivity index (χ3v) is 4.35. The number of nitrogens with two attached hydrogens (primary N) is 1. The van der Waals surface area contributed by atoms with Crippen molar-refractivity contribution in [3.8, 4) is 0 Å². The van der Waals surface area contributed by atoms with Crippen LogP contribution in [0, 0.1) is 0 Å². The highest BCUT2D eigenvalue weighted by molar-refractivity contribution is 9.10. The first kappa shape index (κ1) is 14.1. The van der Waals surface area contributed by atoms with E-state index in [-0.39, 0.29) is 0 Å². The zero-order chi connectivity index (χ0) is 11.8. The maximum atomic E-state index is 5.55. The van der Waals surface area contributed by atoms with Crippen molar-refractivity contribution in [3.05, 3.63) is 20.8 Å². The molecule has 1 unspecified atom stereocenters. The summed E-state index contributed by atoms with van der Waals surface area (Å²) in [5.41, 5.74) is 2.87. The van der Waals surface area contributed by atoms with Gasteiger partial charge in [-0.3, -0.25) is 11.3 Å². The molecule has 0 radical (unpaired) electrons. The van der Waals surface area contributed by atoms with Gasteiger partial charge in [-0.25, -0.2) is 0 Å². The van der Waals surface area contributed by atoms with Crippen LogP contribution in [0.15, 0.2) is 15.9 Å². The Morgan fingerprint density at radius 1 is 1.62 bits per heavy atom. The first-order chi connectivity index (χ1) is 7.77. The van der Waals surface area contributed by atoms with E-state index in [2.05, 4.69) is 32.8 Å². The van der Waals surface area contributed by atoms with Crippen LogP contribution < -0.4 is 11.3 Å². The lowest BCUT2D eigenvalue weighted by Gasteiger charge is -2.15. The number of halogens is 1. The van der Waals surface area contributed by atoms with Gasteiger partial charge in [0, 0.05) is 28.6 Å². The molecule has 1 aromatic rings. The first-order valence-electron chi connectivity index (χ1n) is 5.53. The highest BCUT2D eigenvalue weighted by atomic mass is 79.9. The monoisotopic (exact) mass is 306 g/mol. The quantitative estimate of drug-likeness (QED) is 0.441. The van der Waals surface area contributed by atoms with Crippen LogP contribution in [0.25, 0.3) is 0 Å². The minimum atomic E-state index is 0.329. The SMILES string of the molecule is CCOCCCC(Cc1sccc1Br)NN. The van der Waals surface area contributed by atoms with Crippen LogP contribution in [0.2, 0.25) is 0 Å². The smallest absolute Gasteiger partial charge is 0.0466 e. The molecule has 0 aliphatic heterocycles. The van der Waals surface area contributed by atoms with Gasteiger partial charge >= 0.3 is 0 Å². The predicted octanol–water partition coefficient (Wildman–Crippen LogP) is 2.70. The van der Waals surface area contributed by atoms with Crippen molar-refractivity contribution < 1.29 is 4.74 Å². The number of thiophene rings is 1. The molecule has 3 nitrogen and oxygen atoms in total. The zero-order valence-corrected chi connectivity index (χ0v) is 11.9. The molecule has 0 saturated carbocycles. The molecule has 0 aromatic carbocycles. The standard InChI is InChI=1S/C11H19BrN2OS/c1-2-15-6-3-4-9(14-13)8-11-10(12)5-7-16-11/h5,7,9,14H,2-4,6,8,13H2,1H3. The van der Waals surface area contributed by atoms with Crippen LogP contribution in [0.5, 0.6) is 0 Å². The molecule has 0 amide bonds. The number of rotatable bonds is 8. The summed E-state index contributed by atoms with van der Waals surface area (Å²) in [5, 5.41) is 2.09. The largest absolute Gasteiger partial charge is 0.382 e. The lowest BCUT2D eigenvalue weighted by Crippen LogP contribution is -2.36. The molecular weight excluding hydrogens is 288 g/mol. The van der Waals surface area contributed by atoms with Gasteiger partial charge in [-0.1, -0.05) is 0 Å². The Bertz CT molecular complexity index is 293. The van der Waals surface area contributed by atoms with E-state index in [1.807, 2.05) is 6.92 Å². The lowest BCUT2D eigenvalue weighted by atomic mass is 10.1. The molecule has 0 aliphatic rings. The molecule has 16 heavy (non-hydrogen) atoms. The van der Waals surface area contributed by atoms with Crippen LogP contribution in [0.1, 0.15) is 24.6 Å². The van der Waals surface area contributed by atoms with Gasteiger partial charge in [-0.2, -0.15) is 0 Å². The second-order valence-electron chi connectivity index (χ2n) is 3.60. The van der Waals surface area contributed by atoms with Crippen LogP contribution in [0.3, 0.4) is 0 Å². The summed E-state index contributed by atoms with van der Waals surface area (Å²) in [6.07, 6.45) is 3.06. The highest BCUT2D eigenvalue weighted by Crippen LogP contribution is 2.24. The second kappa shape index (κ2) is 8.20. The van der Waals surface area contributed by atoms with Gasteiger partial charge in [-0.05, 0) is 53.6 Å². The Hall–Kier alpha value is 0.0600. The van der Waals surface area contributed by atoms with Gasteiger partial charge in [0.2, 0.25) is 0 Å². The third-order valence-electron chi connectivity index (χ3n) is 2.40. The fourth-order valence-electron chi connectivity index (χ4n) is 1.51. The van der Waals surface area contributed by atoms with Gasteiger partial charge in [-0.15, -0.1) is 11.3 Å². The van der Waals surface area contributed by atoms with E-state index in [9.17, 15) is 0 Å². The molecule has 1 atom stereocenters. The number of hydrazine groups is 1. The molecule has 1 heterocycles. The molecular formula is C11H19BrN2OS. The molecule has 0 bridgehead atoms. The molecule has 0 aliphatic carbocycles. The van der Waals surface area contributed by atoms with Crippen molar-refractivity contribution >= 4 is 27.3 Å². The van der Waals surface area contributed by atoms with Crippen molar-refractivity contribution in [2.24, 2.45) is 5.84 Å². The van der Waals surface area contributed by atoms with E-state index in [0.717, 1.165) is 32.5 Å². The number of nitrogens with one attached hydrogen (secondary N) is 1. The van der Waals surface area contributed by atoms with Crippen molar-refractivity contribution in [2.75, 3.05) is 13.2 Å². The average Bonchev–Trinajstić information content (AvgIpc) is 2.68. The molecule has 0 fully saturated rings. The highest BCUT2D eigenvalue weighted by Gasteiger charge is 2.10.